The second kappa shape index (κ2) is 4.13. The number of thiazole rings is 1. The van der Waals surface area contributed by atoms with Crippen LogP contribution >= 0.6 is 11.3 Å². The monoisotopic (exact) mass is 252 g/mol. The minimum Gasteiger partial charge on any atom is -0.506 e. The van der Waals surface area contributed by atoms with E-state index in [-0.39, 0.29) is 5.75 Å². The zero-order valence-electron chi connectivity index (χ0n) is 9.29. The predicted molar refractivity (Wildman–Crippen MR) is 71.4 cm³/mol. The third-order valence-corrected chi connectivity index (χ3v) is 3.65. The topological polar surface area (TPSA) is 56.9 Å². The van der Waals surface area contributed by atoms with E-state index in [4.69, 9.17) is 5.26 Å². The highest BCUT2D eigenvalue weighted by Gasteiger charge is 2.10. The number of phenols is 1. The first-order valence-corrected chi connectivity index (χ1v) is 6.23. The first-order chi connectivity index (χ1) is 8.79. The number of rotatable bonds is 1. The lowest BCUT2D eigenvalue weighted by molar-refractivity contribution is 0.484. The SMILES string of the molecule is N#Cc1ccc(-c2ccc3ncsc3c2O)cc1. The summed E-state index contributed by atoms with van der Waals surface area (Å²) >= 11 is 1.42. The Labute approximate surface area is 108 Å². The van der Waals surface area contributed by atoms with Gasteiger partial charge < -0.3 is 5.11 Å². The van der Waals surface area contributed by atoms with Crippen molar-refractivity contribution < 1.29 is 5.11 Å². The average Bonchev–Trinajstić information content (AvgIpc) is 2.89. The van der Waals surface area contributed by atoms with Gasteiger partial charge in [0.25, 0.3) is 0 Å². The molecular weight excluding hydrogens is 244 g/mol. The van der Waals surface area contributed by atoms with Gasteiger partial charge in [-0.25, -0.2) is 4.98 Å². The number of aromatic hydroxyl groups is 1. The number of hydrogen-bond donors (Lipinski definition) is 1. The molecule has 0 radical (unpaired) electrons. The summed E-state index contributed by atoms with van der Waals surface area (Å²) in [7, 11) is 0. The van der Waals surface area contributed by atoms with Crippen LogP contribution in [0.5, 0.6) is 5.75 Å². The normalized spacial score (nSPS) is 10.4. The molecule has 0 aliphatic carbocycles. The van der Waals surface area contributed by atoms with Gasteiger partial charge in [0.05, 0.1) is 27.4 Å². The van der Waals surface area contributed by atoms with E-state index in [1.807, 2.05) is 24.3 Å². The molecule has 0 saturated carbocycles. The Kier molecular flexibility index (Phi) is 2.47. The van der Waals surface area contributed by atoms with Crippen LogP contribution in [0, 0.1) is 11.3 Å². The minimum absolute atomic E-state index is 0.250. The predicted octanol–water partition coefficient (Wildman–Crippen LogP) is 3.54. The number of fused-ring (bicyclic) bond motifs is 1. The van der Waals surface area contributed by atoms with Crippen LogP contribution in [-0.4, -0.2) is 10.1 Å². The molecule has 0 aliphatic heterocycles. The van der Waals surface area contributed by atoms with Crippen molar-refractivity contribution in [1.82, 2.24) is 4.98 Å². The van der Waals surface area contributed by atoms with Crippen LogP contribution in [0.1, 0.15) is 5.56 Å². The van der Waals surface area contributed by atoms with Crippen molar-refractivity contribution in [3.8, 4) is 22.9 Å². The van der Waals surface area contributed by atoms with Crippen molar-refractivity contribution in [1.29, 1.82) is 5.26 Å². The molecule has 0 bridgehead atoms. The van der Waals surface area contributed by atoms with E-state index in [9.17, 15) is 5.11 Å². The van der Waals surface area contributed by atoms with Crippen LogP contribution in [0.2, 0.25) is 0 Å². The number of nitriles is 1. The molecule has 1 N–H and O–H groups in total. The van der Waals surface area contributed by atoms with E-state index in [1.165, 1.54) is 11.3 Å². The maximum Gasteiger partial charge on any atom is 0.142 e. The fourth-order valence-electron chi connectivity index (χ4n) is 1.87. The van der Waals surface area contributed by atoms with E-state index in [0.29, 0.717) is 5.56 Å². The molecule has 2 aromatic carbocycles. The number of aromatic nitrogens is 1. The second-order valence-electron chi connectivity index (χ2n) is 3.85. The van der Waals surface area contributed by atoms with Gasteiger partial charge in [-0.2, -0.15) is 5.26 Å². The summed E-state index contributed by atoms with van der Waals surface area (Å²) in [6, 6.07) is 13.0. The standard InChI is InChI=1S/C14H8N2OS/c15-7-9-1-3-10(4-2-9)11-5-6-12-14(13(11)17)18-8-16-12/h1-6,8,17H. The quantitative estimate of drug-likeness (QED) is 0.720. The van der Waals surface area contributed by atoms with E-state index < -0.39 is 0 Å². The summed E-state index contributed by atoms with van der Waals surface area (Å²) in [5, 5.41) is 19.0. The Balaban J connectivity index is 2.18. The lowest BCUT2D eigenvalue weighted by Gasteiger charge is -2.05. The van der Waals surface area contributed by atoms with Gasteiger partial charge in [-0.15, -0.1) is 11.3 Å². The Hall–Kier alpha value is -2.38. The van der Waals surface area contributed by atoms with Crippen LogP contribution in [0.3, 0.4) is 0 Å². The van der Waals surface area contributed by atoms with Crippen molar-refractivity contribution in [3.05, 3.63) is 47.5 Å². The molecule has 0 amide bonds. The molecule has 1 aromatic heterocycles. The molecule has 3 aromatic rings. The van der Waals surface area contributed by atoms with E-state index >= 15 is 0 Å². The van der Waals surface area contributed by atoms with Crippen molar-refractivity contribution >= 4 is 21.6 Å². The maximum absolute atomic E-state index is 10.2. The molecule has 3 nitrogen and oxygen atoms in total. The summed E-state index contributed by atoms with van der Waals surface area (Å²) in [5.41, 5.74) is 4.78. The lowest BCUT2D eigenvalue weighted by atomic mass is 10.0. The van der Waals surface area contributed by atoms with Gasteiger partial charge in [-0.1, -0.05) is 12.1 Å². The van der Waals surface area contributed by atoms with Gasteiger partial charge >= 0.3 is 0 Å². The molecule has 0 fully saturated rings. The summed E-state index contributed by atoms with van der Waals surface area (Å²) in [6.45, 7) is 0. The second-order valence-corrected chi connectivity index (χ2v) is 4.71. The van der Waals surface area contributed by atoms with Crippen LogP contribution in [0.4, 0.5) is 0 Å². The Morgan fingerprint density at radius 2 is 1.89 bits per heavy atom. The number of phenolic OH excluding ortho intramolecular Hbond substituents is 1. The van der Waals surface area contributed by atoms with Crippen LogP contribution < -0.4 is 0 Å². The summed E-state index contributed by atoms with van der Waals surface area (Å²) < 4.78 is 0.789. The van der Waals surface area contributed by atoms with Gasteiger partial charge in [0.2, 0.25) is 0 Å². The van der Waals surface area contributed by atoms with Crippen LogP contribution in [0.25, 0.3) is 21.3 Å². The molecule has 0 unspecified atom stereocenters. The molecule has 0 spiro atoms. The van der Waals surface area contributed by atoms with Gasteiger partial charge in [-0.3, -0.25) is 0 Å². The Morgan fingerprint density at radius 1 is 1.11 bits per heavy atom. The fourth-order valence-corrected chi connectivity index (χ4v) is 2.61. The van der Waals surface area contributed by atoms with Crippen LogP contribution in [0.15, 0.2) is 41.9 Å². The highest BCUT2D eigenvalue weighted by molar-refractivity contribution is 7.17. The number of nitrogens with zero attached hydrogens (tertiary/aromatic N) is 2. The lowest BCUT2D eigenvalue weighted by Crippen LogP contribution is -1.81. The van der Waals surface area contributed by atoms with Gasteiger partial charge in [0.15, 0.2) is 0 Å². The summed E-state index contributed by atoms with van der Waals surface area (Å²) in [4.78, 5) is 4.16. The van der Waals surface area contributed by atoms with E-state index in [1.54, 1.807) is 17.6 Å². The molecule has 18 heavy (non-hydrogen) atoms. The van der Waals surface area contributed by atoms with Gasteiger partial charge in [-0.05, 0) is 29.8 Å². The number of hydrogen-bond acceptors (Lipinski definition) is 4. The highest BCUT2D eigenvalue weighted by atomic mass is 32.1. The molecule has 0 atom stereocenters. The van der Waals surface area contributed by atoms with Crippen molar-refractivity contribution in [3.63, 3.8) is 0 Å². The molecule has 1 heterocycles. The largest absolute Gasteiger partial charge is 0.506 e. The smallest absolute Gasteiger partial charge is 0.142 e. The highest BCUT2D eigenvalue weighted by Crippen LogP contribution is 2.37. The van der Waals surface area contributed by atoms with E-state index in [2.05, 4.69) is 11.1 Å². The summed E-state index contributed by atoms with van der Waals surface area (Å²) in [6.07, 6.45) is 0. The third-order valence-electron chi connectivity index (χ3n) is 2.80. The first-order valence-electron chi connectivity index (χ1n) is 5.35. The molecule has 0 saturated heterocycles. The van der Waals surface area contributed by atoms with Gasteiger partial charge in [0, 0.05) is 5.56 Å². The Bertz CT molecular complexity index is 754. The molecular formula is C14H8N2OS. The Morgan fingerprint density at radius 3 is 2.61 bits per heavy atom. The average molecular weight is 252 g/mol. The van der Waals surface area contributed by atoms with Crippen molar-refractivity contribution in [2.45, 2.75) is 0 Å². The molecule has 86 valence electrons. The maximum atomic E-state index is 10.2. The zero-order chi connectivity index (χ0) is 12.5. The zero-order valence-corrected chi connectivity index (χ0v) is 10.1. The minimum atomic E-state index is 0.250. The van der Waals surface area contributed by atoms with Crippen LogP contribution in [-0.2, 0) is 0 Å². The third kappa shape index (κ3) is 1.62. The molecule has 0 aliphatic rings. The first kappa shape index (κ1) is 10.8. The number of benzene rings is 2. The summed E-state index contributed by atoms with van der Waals surface area (Å²) in [5.74, 6) is 0.250. The van der Waals surface area contributed by atoms with E-state index in [0.717, 1.165) is 21.3 Å². The molecule has 4 heteroatoms. The van der Waals surface area contributed by atoms with Gasteiger partial charge in [0.1, 0.15) is 5.75 Å². The van der Waals surface area contributed by atoms with Crippen molar-refractivity contribution in [2.24, 2.45) is 0 Å². The van der Waals surface area contributed by atoms with Crippen molar-refractivity contribution in [2.75, 3.05) is 0 Å². The molecule has 3 rings (SSSR count). The fraction of sp³-hybridized carbons (Fsp3) is 0.